The first kappa shape index (κ1) is 18.6. The summed E-state index contributed by atoms with van der Waals surface area (Å²) in [7, 11) is 1.61. The summed E-state index contributed by atoms with van der Waals surface area (Å²) in [5, 5.41) is 0. The minimum atomic E-state index is -0.307. The molecule has 0 aliphatic carbocycles. The number of hydrogen-bond acceptors (Lipinski definition) is 3. The number of halogens is 1. The minimum absolute atomic E-state index is 0.191. The van der Waals surface area contributed by atoms with Gasteiger partial charge in [-0.15, -0.1) is 0 Å². The SMILES string of the molecule is COc1ccc(/C=C2/N=C(c3ccccc3)N(Cc3ccc(F)cc3)C2=O)cc1. The smallest absolute Gasteiger partial charge is 0.278 e. The maximum absolute atomic E-state index is 13.3. The van der Waals surface area contributed by atoms with E-state index in [-0.39, 0.29) is 11.7 Å². The summed E-state index contributed by atoms with van der Waals surface area (Å²) < 4.78 is 18.4. The molecule has 4 rings (SSSR count). The van der Waals surface area contributed by atoms with Crippen LogP contribution in [0.15, 0.2) is 89.6 Å². The lowest BCUT2D eigenvalue weighted by molar-refractivity contribution is -0.123. The normalized spacial score (nSPS) is 15.0. The molecule has 3 aromatic carbocycles. The Morgan fingerprint density at radius 2 is 1.66 bits per heavy atom. The molecule has 0 radical (unpaired) electrons. The third-order valence-electron chi connectivity index (χ3n) is 4.65. The fraction of sp³-hybridized carbons (Fsp3) is 0.0833. The van der Waals surface area contributed by atoms with Crippen LogP contribution in [0.4, 0.5) is 4.39 Å². The van der Waals surface area contributed by atoms with Crippen LogP contribution < -0.4 is 4.74 Å². The molecule has 0 atom stereocenters. The second-order valence-electron chi connectivity index (χ2n) is 6.62. The molecule has 0 saturated carbocycles. The van der Waals surface area contributed by atoms with Gasteiger partial charge in [-0.1, -0.05) is 54.6 Å². The van der Waals surface area contributed by atoms with Gasteiger partial charge in [0.05, 0.1) is 13.7 Å². The van der Waals surface area contributed by atoms with Crippen LogP contribution in [0, 0.1) is 5.82 Å². The average Bonchev–Trinajstić information content (AvgIpc) is 3.06. The van der Waals surface area contributed by atoms with E-state index in [1.807, 2.05) is 54.6 Å². The maximum atomic E-state index is 13.3. The van der Waals surface area contributed by atoms with Crippen molar-refractivity contribution in [3.05, 3.63) is 107 Å². The summed E-state index contributed by atoms with van der Waals surface area (Å²) in [5.74, 6) is 0.832. The van der Waals surface area contributed by atoms with Crippen LogP contribution in [-0.2, 0) is 11.3 Å². The molecule has 0 fully saturated rings. The Morgan fingerprint density at radius 3 is 2.31 bits per heavy atom. The number of nitrogens with zero attached hydrogens (tertiary/aromatic N) is 2. The highest BCUT2D eigenvalue weighted by atomic mass is 19.1. The molecule has 1 amide bonds. The van der Waals surface area contributed by atoms with Crippen molar-refractivity contribution in [3.8, 4) is 5.75 Å². The number of carbonyl (C=O) groups excluding carboxylic acids is 1. The van der Waals surface area contributed by atoms with Crippen LogP contribution in [0.25, 0.3) is 6.08 Å². The number of aliphatic imine (C=N–C) groups is 1. The Bertz CT molecular complexity index is 1070. The van der Waals surface area contributed by atoms with Gasteiger partial charge in [-0.3, -0.25) is 9.69 Å². The molecule has 0 spiro atoms. The van der Waals surface area contributed by atoms with Gasteiger partial charge in [0.2, 0.25) is 0 Å². The highest BCUT2D eigenvalue weighted by Gasteiger charge is 2.31. The first-order valence-corrected chi connectivity index (χ1v) is 9.20. The molecule has 1 aliphatic heterocycles. The zero-order valence-corrected chi connectivity index (χ0v) is 15.9. The van der Waals surface area contributed by atoms with Crippen LogP contribution in [0.5, 0.6) is 5.75 Å². The van der Waals surface area contributed by atoms with Crippen LogP contribution in [-0.4, -0.2) is 23.8 Å². The summed E-state index contributed by atoms with van der Waals surface area (Å²) in [6, 6.07) is 23.1. The Kier molecular flexibility index (Phi) is 5.20. The van der Waals surface area contributed by atoms with E-state index in [0.717, 1.165) is 22.4 Å². The Morgan fingerprint density at radius 1 is 0.966 bits per heavy atom. The molecule has 0 aromatic heterocycles. The molecule has 5 heteroatoms. The molecular weight excluding hydrogens is 367 g/mol. The highest BCUT2D eigenvalue weighted by molar-refractivity contribution is 6.19. The fourth-order valence-corrected chi connectivity index (χ4v) is 3.14. The topological polar surface area (TPSA) is 41.9 Å². The van der Waals surface area contributed by atoms with E-state index in [9.17, 15) is 9.18 Å². The zero-order valence-electron chi connectivity index (χ0n) is 15.9. The average molecular weight is 386 g/mol. The van der Waals surface area contributed by atoms with Gasteiger partial charge in [0.1, 0.15) is 23.1 Å². The van der Waals surface area contributed by atoms with Gasteiger partial charge in [0, 0.05) is 5.56 Å². The van der Waals surface area contributed by atoms with E-state index < -0.39 is 0 Å². The maximum Gasteiger partial charge on any atom is 0.278 e. The number of amidine groups is 1. The number of methoxy groups -OCH3 is 1. The van der Waals surface area contributed by atoms with Crippen molar-refractivity contribution >= 4 is 17.8 Å². The van der Waals surface area contributed by atoms with E-state index >= 15 is 0 Å². The van der Waals surface area contributed by atoms with Crippen LogP contribution in [0.2, 0.25) is 0 Å². The first-order valence-electron chi connectivity index (χ1n) is 9.20. The van der Waals surface area contributed by atoms with Gasteiger partial charge in [0.25, 0.3) is 5.91 Å². The second-order valence-corrected chi connectivity index (χ2v) is 6.62. The standard InChI is InChI=1S/C24H19FN2O2/c1-29-21-13-9-17(10-14-21)15-22-24(28)27(16-18-7-11-20(25)12-8-18)23(26-22)19-5-3-2-4-6-19/h2-15H,16H2,1H3/b22-15+. The summed E-state index contributed by atoms with van der Waals surface area (Å²) in [5.41, 5.74) is 2.89. The quantitative estimate of drug-likeness (QED) is 0.598. The minimum Gasteiger partial charge on any atom is -0.497 e. The van der Waals surface area contributed by atoms with Crippen LogP contribution in [0.1, 0.15) is 16.7 Å². The predicted octanol–water partition coefficient (Wildman–Crippen LogP) is 4.66. The predicted molar refractivity (Wildman–Crippen MR) is 111 cm³/mol. The van der Waals surface area contributed by atoms with Crippen molar-refractivity contribution in [1.82, 2.24) is 4.90 Å². The Labute approximate surface area is 168 Å². The van der Waals surface area contributed by atoms with E-state index in [1.54, 1.807) is 30.2 Å². The number of benzene rings is 3. The van der Waals surface area contributed by atoms with E-state index in [0.29, 0.717) is 18.1 Å². The van der Waals surface area contributed by atoms with E-state index in [2.05, 4.69) is 4.99 Å². The largest absolute Gasteiger partial charge is 0.497 e. The third kappa shape index (κ3) is 4.09. The molecule has 0 bridgehead atoms. The molecular formula is C24H19FN2O2. The number of rotatable bonds is 5. The summed E-state index contributed by atoms with van der Waals surface area (Å²) in [6.07, 6.45) is 1.76. The lowest BCUT2D eigenvalue weighted by atomic mass is 10.1. The van der Waals surface area contributed by atoms with Crippen molar-refractivity contribution in [1.29, 1.82) is 0 Å². The first-order chi connectivity index (χ1) is 14.1. The number of carbonyl (C=O) groups is 1. The number of amides is 1. The summed E-state index contributed by atoms with van der Waals surface area (Å²) in [6.45, 7) is 0.312. The van der Waals surface area contributed by atoms with Crippen molar-refractivity contribution in [3.63, 3.8) is 0 Å². The number of hydrogen-bond donors (Lipinski definition) is 0. The Hall–Kier alpha value is -3.73. The zero-order chi connectivity index (χ0) is 20.2. The van der Waals surface area contributed by atoms with E-state index in [1.165, 1.54) is 12.1 Å². The molecule has 0 saturated heterocycles. The van der Waals surface area contributed by atoms with Gasteiger partial charge in [0.15, 0.2) is 0 Å². The van der Waals surface area contributed by atoms with Gasteiger partial charge in [-0.25, -0.2) is 9.38 Å². The van der Waals surface area contributed by atoms with E-state index in [4.69, 9.17) is 4.74 Å². The molecule has 3 aromatic rings. The lowest BCUT2D eigenvalue weighted by Gasteiger charge is -2.18. The van der Waals surface area contributed by atoms with Crippen molar-refractivity contribution in [2.45, 2.75) is 6.54 Å². The molecule has 144 valence electrons. The van der Waals surface area contributed by atoms with Crippen molar-refractivity contribution in [2.24, 2.45) is 4.99 Å². The van der Waals surface area contributed by atoms with Crippen molar-refractivity contribution in [2.75, 3.05) is 7.11 Å². The Balaban J connectivity index is 1.70. The molecule has 0 N–H and O–H groups in total. The molecule has 1 aliphatic rings. The fourth-order valence-electron chi connectivity index (χ4n) is 3.14. The molecule has 4 nitrogen and oxygen atoms in total. The van der Waals surface area contributed by atoms with Gasteiger partial charge in [-0.05, 0) is 41.5 Å². The number of ether oxygens (including phenoxy) is 1. The van der Waals surface area contributed by atoms with Gasteiger partial charge < -0.3 is 4.74 Å². The second kappa shape index (κ2) is 8.10. The van der Waals surface area contributed by atoms with Crippen LogP contribution >= 0.6 is 0 Å². The monoisotopic (exact) mass is 386 g/mol. The molecule has 29 heavy (non-hydrogen) atoms. The van der Waals surface area contributed by atoms with Crippen LogP contribution in [0.3, 0.4) is 0 Å². The summed E-state index contributed by atoms with van der Waals surface area (Å²) >= 11 is 0. The lowest BCUT2D eigenvalue weighted by Crippen LogP contribution is -2.32. The van der Waals surface area contributed by atoms with Gasteiger partial charge >= 0.3 is 0 Å². The molecule has 0 unspecified atom stereocenters. The molecule has 1 heterocycles. The van der Waals surface area contributed by atoms with Crippen molar-refractivity contribution < 1.29 is 13.9 Å². The highest BCUT2D eigenvalue weighted by Crippen LogP contribution is 2.24. The third-order valence-corrected chi connectivity index (χ3v) is 4.65. The van der Waals surface area contributed by atoms with Gasteiger partial charge in [-0.2, -0.15) is 0 Å². The summed E-state index contributed by atoms with van der Waals surface area (Å²) in [4.78, 5) is 19.4.